The number of nitro benzene ring substituents is 1. The molecule has 0 N–H and O–H groups in total. The molecular weight excluding hydrogens is 300 g/mol. The zero-order chi connectivity index (χ0) is 16.5. The minimum atomic E-state index is -0.809. The van der Waals surface area contributed by atoms with Crippen LogP contribution in [0.3, 0.4) is 0 Å². The van der Waals surface area contributed by atoms with E-state index in [1.54, 1.807) is 32.1 Å². The van der Waals surface area contributed by atoms with Crippen LogP contribution in [-0.4, -0.2) is 28.4 Å². The van der Waals surface area contributed by atoms with Crippen LogP contribution < -0.4 is 4.90 Å². The van der Waals surface area contributed by atoms with Crippen molar-refractivity contribution < 1.29 is 19.2 Å². The van der Waals surface area contributed by atoms with Crippen LogP contribution in [0.15, 0.2) is 30.4 Å². The number of aryl methyl sites for hydroxylation is 1. The van der Waals surface area contributed by atoms with Crippen molar-refractivity contribution in [1.29, 1.82) is 0 Å². The quantitative estimate of drug-likeness (QED) is 0.359. The summed E-state index contributed by atoms with van der Waals surface area (Å²) in [4.78, 5) is 37.3. The molecule has 118 valence electrons. The summed E-state index contributed by atoms with van der Waals surface area (Å²) >= 11 is 0. The molecule has 3 aliphatic rings. The Balaban J connectivity index is 1.83. The molecule has 0 aromatic heterocycles. The molecule has 0 radical (unpaired) electrons. The van der Waals surface area contributed by atoms with Gasteiger partial charge in [0, 0.05) is 6.07 Å². The van der Waals surface area contributed by atoms with E-state index in [0.717, 1.165) is 4.90 Å². The van der Waals surface area contributed by atoms with Crippen molar-refractivity contribution in [2.75, 3.05) is 4.90 Å². The number of amides is 2. The third-order valence-electron chi connectivity index (χ3n) is 4.90. The van der Waals surface area contributed by atoms with Crippen molar-refractivity contribution in [2.45, 2.75) is 25.6 Å². The molecule has 23 heavy (non-hydrogen) atoms. The molecule has 2 fully saturated rings. The van der Waals surface area contributed by atoms with Crippen molar-refractivity contribution in [3.8, 4) is 0 Å². The number of ether oxygens (including phenoxy) is 1. The lowest BCUT2D eigenvalue weighted by atomic mass is 9.78. The van der Waals surface area contributed by atoms with Crippen molar-refractivity contribution in [2.24, 2.45) is 11.8 Å². The zero-order valence-electron chi connectivity index (χ0n) is 12.6. The van der Waals surface area contributed by atoms with Gasteiger partial charge < -0.3 is 4.74 Å². The number of hydrogen-bond donors (Lipinski definition) is 0. The first-order chi connectivity index (χ1) is 10.8. The summed E-state index contributed by atoms with van der Waals surface area (Å²) in [6, 6.07) is 4.49. The Bertz CT molecular complexity index is 802. The average molecular weight is 314 g/mol. The Morgan fingerprint density at radius 3 is 2.70 bits per heavy atom. The van der Waals surface area contributed by atoms with Crippen LogP contribution in [0.2, 0.25) is 0 Å². The molecule has 7 nitrogen and oxygen atoms in total. The van der Waals surface area contributed by atoms with Gasteiger partial charge in [-0.05, 0) is 25.5 Å². The van der Waals surface area contributed by atoms with Gasteiger partial charge in [-0.15, -0.1) is 0 Å². The second-order valence-corrected chi connectivity index (χ2v) is 6.39. The van der Waals surface area contributed by atoms with E-state index in [-0.39, 0.29) is 11.4 Å². The highest BCUT2D eigenvalue weighted by Gasteiger charge is 2.66. The number of rotatable bonds is 2. The Kier molecular flexibility index (Phi) is 2.61. The number of nitro groups is 1. The van der Waals surface area contributed by atoms with Gasteiger partial charge in [-0.2, -0.15) is 0 Å². The molecule has 1 aromatic carbocycles. The maximum Gasteiger partial charge on any atom is 0.293 e. The Hall–Kier alpha value is -2.54. The van der Waals surface area contributed by atoms with Gasteiger partial charge in [-0.3, -0.25) is 19.7 Å². The lowest BCUT2D eigenvalue weighted by molar-refractivity contribution is -0.384. The van der Waals surface area contributed by atoms with E-state index in [2.05, 4.69) is 0 Å². The summed E-state index contributed by atoms with van der Waals surface area (Å²) < 4.78 is 5.74. The summed E-state index contributed by atoms with van der Waals surface area (Å²) in [5.74, 6) is -2.07. The lowest BCUT2D eigenvalue weighted by Gasteiger charge is -2.24. The highest BCUT2D eigenvalue weighted by molar-refractivity contribution is 6.24. The van der Waals surface area contributed by atoms with E-state index in [1.165, 1.54) is 12.1 Å². The number of fused-ring (bicyclic) bond motifs is 5. The molecular formula is C16H14N2O5. The van der Waals surface area contributed by atoms with Gasteiger partial charge in [0.1, 0.15) is 5.69 Å². The first kappa shape index (κ1) is 14.1. The van der Waals surface area contributed by atoms with Crippen LogP contribution in [-0.2, 0) is 14.3 Å². The van der Waals surface area contributed by atoms with Crippen LogP contribution in [0.4, 0.5) is 11.4 Å². The van der Waals surface area contributed by atoms with E-state index in [0.29, 0.717) is 5.56 Å². The van der Waals surface area contributed by atoms with E-state index < -0.39 is 40.3 Å². The minimum absolute atomic E-state index is 0.0352. The number of carbonyl (C=O) groups is 2. The predicted molar refractivity (Wildman–Crippen MR) is 79.7 cm³/mol. The van der Waals surface area contributed by atoms with Crippen molar-refractivity contribution in [3.63, 3.8) is 0 Å². The first-order valence-electron chi connectivity index (χ1n) is 7.33. The summed E-state index contributed by atoms with van der Waals surface area (Å²) in [5, 5.41) is 11.3. The standard InChI is InChI=1S/C16H14N2O5/c1-8-3-4-9(10(7-8)18(21)22)17-14(19)12-11-5-6-16(2,23-11)13(12)15(17)20/h3-7,11-13H,1-2H3/t11-,12+,13+,16-/m1/s1. The van der Waals surface area contributed by atoms with Gasteiger partial charge in [0.2, 0.25) is 11.8 Å². The first-order valence-corrected chi connectivity index (χ1v) is 7.33. The fourth-order valence-electron chi connectivity index (χ4n) is 3.86. The van der Waals surface area contributed by atoms with Crippen LogP contribution in [0.5, 0.6) is 0 Å². The number of benzene rings is 1. The number of anilines is 1. The van der Waals surface area contributed by atoms with Crippen LogP contribution in [0.25, 0.3) is 0 Å². The molecule has 1 aromatic rings. The van der Waals surface area contributed by atoms with E-state index >= 15 is 0 Å². The molecule has 0 unspecified atom stereocenters. The highest BCUT2D eigenvalue weighted by Crippen LogP contribution is 2.52. The Morgan fingerprint density at radius 1 is 1.30 bits per heavy atom. The maximum absolute atomic E-state index is 12.8. The molecule has 0 aliphatic carbocycles. The minimum Gasteiger partial charge on any atom is -0.362 e. The third-order valence-corrected chi connectivity index (χ3v) is 4.90. The molecule has 7 heteroatoms. The van der Waals surface area contributed by atoms with Gasteiger partial charge in [0.05, 0.1) is 28.5 Å². The zero-order valence-corrected chi connectivity index (χ0v) is 12.6. The second kappa shape index (κ2) is 4.26. The normalized spacial score (nSPS) is 34.3. The summed E-state index contributed by atoms with van der Waals surface area (Å²) in [5.41, 5.74) is -0.320. The SMILES string of the molecule is Cc1ccc(N2C(=O)[C@@H]3[C@@H](C2=O)[C@@]2(C)C=C[C@H]3O2)c([N+](=O)[O-])c1. The summed E-state index contributed by atoms with van der Waals surface area (Å²) in [7, 11) is 0. The fraction of sp³-hybridized carbons (Fsp3) is 0.375. The molecule has 0 saturated carbocycles. The van der Waals surface area contributed by atoms with Gasteiger partial charge in [-0.1, -0.05) is 18.2 Å². The van der Waals surface area contributed by atoms with Crippen LogP contribution in [0.1, 0.15) is 12.5 Å². The number of nitrogens with zero attached hydrogens (tertiary/aromatic N) is 2. The molecule has 3 heterocycles. The van der Waals surface area contributed by atoms with E-state index in [9.17, 15) is 19.7 Å². The van der Waals surface area contributed by atoms with Gasteiger partial charge >= 0.3 is 0 Å². The van der Waals surface area contributed by atoms with Crippen molar-refractivity contribution >= 4 is 23.2 Å². The Morgan fingerprint density at radius 2 is 2.04 bits per heavy atom. The van der Waals surface area contributed by atoms with E-state index in [1.807, 2.05) is 0 Å². The topological polar surface area (TPSA) is 89.8 Å². The smallest absolute Gasteiger partial charge is 0.293 e. The third kappa shape index (κ3) is 1.68. The summed E-state index contributed by atoms with van der Waals surface area (Å²) in [6.45, 7) is 3.49. The van der Waals surface area contributed by atoms with Gasteiger partial charge in [-0.25, -0.2) is 4.90 Å². The second-order valence-electron chi connectivity index (χ2n) is 6.39. The molecule has 2 bridgehead atoms. The van der Waals surface area contributed by atoms with Crippen molar-refractivity contribution in [1.82, 2.24) is 0 Å². The van der Waals surface area contributed by atoms with Gasteiger partial charge in [0.15, 0.2) is 0 Å². The highest BCUT2D eigenvalue weighted by atomic mass is 16.6. The van der Waals surface area contributed by atoms with Crippen LogP contribution >= 0.6 is 0 Å². The molecule has 4 rings (SSSR count). The number of imide groups is 1. The molecule has 0 spiro atoms. The summed E-state index contributed by atoms with van der Waals surface area (Å²) in [6.07, 6.45) is 3.16. The maximum atomic E-state index is 12.8. The molecule has 4 atom stereocenters. The molecule has 3 aliphatic heterocycles. The largest absolute Gasteiger partial charge is 0.362 e. The van der Waals surface area contributed by atoms with Gasteiger partial charge in [0.25, 0.3) is 5.69 Å². The monoisotopic (exact) mass is 314 g/mol. The van der Waals surface area contributed by atoms with Crippen molar-refractivity contribution in [3.05, 3.63) is 46.0 Å². The fourth-order valence-corrected chi connectivity index (χ4v) is 3.86. The lowest BCUT2D eigenvalue weighted by Crippen LogP contribution is -2.38. The number of hydrogen-bond acceptors (Lipinski definition) is 5. The Labute approximate surface area is 131 Å². The van der Waals surface area contributed by atoms with Crippen LogP contribution in [0, 0.1) is 28.9 Å². The molecule has 2 amide bonds. The van der Waals surface area contributed by atoms with E-state index in [4.69, 9.17) is 4.74 Å². The average Bonchev–Trinajstić information content (AvgIpc) is 3.09. The number of carbonyl (C=O) groups excluding carboxylic acids is 2. The predicted octanol–water partition coefficient (Wildman–Crippen LogP) is 1.74. The molecule has 2 saturated heterocycles.